The number of anilines is 3. The molecular weight excluding hydrogens is 723 g/mol. The van der Waals surface area contributed by atoms with Gasteiger partial charge in [0, 0.05) is 17.1 Å². The predicted molar refractivity (Wildman–Crippen MR) is 252 cm³/mol. The highest BCUT2D eigenvalue weighted by Crippen LogP contribution is 2.57. The molecule has 0 fully saturated rings. The maximum absolute atomic E-state index is 10.0. The number of rotatable bonds is 8. The Bertz CT molecular complexity index is 3530. The number of nitrogens with zero attached hydrogens (tertiary/aromatic N) is 1. The maximum Gasteiger partial charge on any atom is 0.0714 e. The van der Waals surface area contributed by atoms with Crippen LogP contribution in [0.2, 0.25) is 0 Å². The molecular formula is C59H41N. The van der Waals surface area contributed by atoms with Crippen LogP contribution in [0.25, 0.3) is 55.3 Å². The van der Waals surface area contributed by atoms with E-state index in [0.717, 1.165) is 55.3 Å². The van der Waals surface area contributed by atoms with Crippen molar-refractivity contribution in [2.24, 2.45) is 0 Å². The Labute approximate surface area is 363 Å². The molecule has 0 N–H and O–H groups in total. The molecule has 0 atom stereocenters. The van der Waals surface area contributed by atoms with E-state index in [2.05, 4.69) is 36.4 Å². The molecule has 0 spiro atoms. The van der Waals surface area contributed by atoms with Crippen LogP contribution in [0, 0.1) is 0 Å². The lowest BCUT2D eigenvalue weighted by molar-refractivity contribution is 0.768. The molecule has 0 unspecified atom stereocenters. The van der Waals surface area contributed by atoms with Gasteiger partial charge in [0.25, 0.3) is 0 Å². The van der Waals surface area contributed by atoms with Crippen LogP contribution in [-0.4, -0.2) is 0 Å². The van der Waals surface area contributed by atoms with Crippen LogP contribution in [0.5, 0.6) is 0 Å². The minimum Gasteiger partial charge on any atom is -0.310 e. The van der Waals surface area contributed by atoms with E-state index in [-0.39, 0.29) is 58.8 Å². The highest BCUT2D eigenvalue weighted by molar-refractivity contribution is 5.91. The number of hydrogen-bond acceptors (Lipinski definition) is 1. The normalized spacial score (nSPS) is 14.3. The van der Waals surface area contributed by atoms with Crippen LogP contribution in [0.3, 0.4) is 0 Å². The number of benzene rings is 10. The molecule has 10 aromatic carbocycles. The average Bonchev–Trinajstić information content (AvgIpc) is 3.68. The zero-order valence-electron chi connectivity index (χ0n) is 40.5. The van der Waals surface area contributed by atoms with Crippen molar-refractivity contribution in [3.63, 3.8) is 0 Å². The molecule has 1 aliphatic rings. The van der Waals surface area contributed by atoms with Gasteiger partial charge in [0.2, 0.25) is 0 Å². The van der Waals surface area contributed by atoms with Crippen molar-refractivity contribution in [3.05, 3.63) is 271 Å². The van der Waals surface area contributed by atoms with Crippen molar-refractivity contribution in [3.8, 4) is 44.5 Å². The first-order valence-corrected chi connectivity index (χ1v) is 20.1. The summed E-state index contributed by atoms with van der Waals surface area (Å²) in [5, 5.41) is 1.82. The molecule has 282 valence electrons. The summed E-state index contributed by atoms with van der Waals surface area (Å²) in [6.45, 7) is 0. The predicted octanol–water partition coefficient (Wildman–Crippen LogP) is 15.7. The lowest BCUT2D eigenvalue weighted by Gasteiger charge is -2.35. The summed E-state index contributed by atoms with van der Waals surface area (Å²) in [5.41, 5.74) is 8.21. The molecule has 0 saturated heterocycles. The highest BCUT2D eigenvalue weighted by atomic mass is 15.1. The van der Waals surface area contributed by atoms with E-state index in [1.54, 1.807) is 18.2 Å². The first-order valence-electron chi connectivity index (χ1n) is 24.1. The third kappa shape index (κ3) is 6.03. The van der Waals surface area contributed by atoms with Crippen molar-refractivity contribution >= 4 is 27.8 Å². The van der Waals surface area contributed by atoms with Crippen molar-refractivity contribution in [2.45, 2.75) is 5.41 Å². The topological polar surface area (TPSA) is 3.24 Å². The summed E-state index contributed by atoms with van der Waals surface area (Å²) >= 11 is 0. The molecule has 0 radical (unpaired) electrons. The van der Waals surface area contributed by atoms with Gasteiger partial charge in [0.15, 0.2) is 0 Å². The molecule has 60 heavy (non-hydrogen) atoms. The fourth-order valence-corrected chi connectivity index (χ4v) is 8.90. The van der Waals surface area contributed by atoms with E-state index in [9.17, 15) is 11.0 Å². The van der Waals surface area contributed by atoms with Gasteiger partial charge in [-0.2, -0.15) is 0 Å². The smallest absolute Gasteiger partial charge is 0.0714 e. The molecule has 0 bridgehead atoms. The Morgan fingerprint density at radius 2 is 0.900 bits per heavy atom. The van der Waals surface area contributed by atoms with Crippen molar-refractivity contribution in [2.75, 3.05) is 4.90 Å². The molecule has 0 saturated carbocycles. The third-order valence-electron chi connectivity index (χ3n) is 11.7. The summed E-state index contributed by atoms with van der Waals surface area (Å²) < 4.78 is 77.1. The second kappa shape index (κ2) is 14.9. The van der Waals surface area contributed by atoms with Crippen LogP contribution in [-0.2, 0) is 5.41 Å². The quantitative estimate of drug-likeness (QED) is 0.149. The molecule has 0 aliphatic heterocycles. The second-order valence-corrected chi connectivity index (χ2v) is 15.0. The Morgan fingerprint density at radius 1 is 0.333 bits per heavy atom. The molecule has 1 heteroatoms. The summed E-state index contributed by atoms with van der Waals surface area (Å²) in [7, 11) is 0. The molecule has 1 aliphatic carbocycles. The Balaban J connectivity index is 1.21. The summed E-state index contributed by atoms with van der Waals surface area (Å²) in [5.74, 6) is 0. The van der Waals surface area contributed by atoms with Crippen LogP contribution in [0.4, 0.5) is 17.1 Å². The van der Waals surface area contributed by atoms with Crippen LogP contribution >= 0.6 is 0 Å². The van der Waals surface area contributed by atoms with Gasteiger partial charge >= 0.3 is 0 Å². The summed E-state index contributed by atoms with van der Waals surface area (Å²) in [6.07, 6.45) is 0. The van der Waals surface area contributed by atoms with Crippen molar-refractivity contribution in [1.82, 2.24) is 0 Å². The van der Waals surface area contributed by atoms with E-state index in [1.165, 1.54) is 4.90 Å². The Morgan fingerprint density at radius 3 is 1.62 bits per heavy atom. The lowest BCUT2D eigenvalue weighted by atomic mass is 9.67. The van der Waals surface area contributed by atoms with Gasteiger partial charge in [-0.25, -0.2) is 0 Å². The molecule has 1 nitrogen and oxygen atoms in total. The SMILES string of the molecule is [2H]c1c([2H])c(-c2ccc3ccccc3c2)c([2H])c(N(c2ccc3c(c2)C(c2ccccc2)(c2ccccc2)c2ccccc2-3)c2c([2H])c([2H])c(-c3ccc(-c4ccccc4)cc3)c([2H])c2[2H])c1[2H]. The Kier molecular flexibility index (Phi) is 6.90. The zero-order valence-corrected chi connectivity index (χ0v) is 32.5. The standard InChI is InChI=1S/C59H41N/c1-4-15-42(16-5-1)44-27-29-45(30-28-44)46-33-35-52(36-34-46)60(53-24-14-19-48(40-53)49-32-31-43-17-10-11-18-47(43)39-49)54-37-38-56-55-25-12-13-26-57(55)59(58(56)41-54,50-20-6-2-7-21-50)51-22-8-3-9-23-51/h1-41H/i14D,19D,24D,33D,34D,35D,36D,40D. The van der Waals surface area contributed by atoms with E-state index in [4.69, 9.17) is 0 Å². The van der Waals surface area contributed by atoms with Gasteiger partial charge < -0.3 is 4.90 Å². The minimum absolute atomic E-state index is 0.108. The molecule has 0 amide bonds. The highest BCUT2D eigenvalue weighted by Gasteiger charge is 2.46. The largest absolute Gasteiger partial charge is 0.310 e. The third-order valence-corrected chi connectivity index (χ3v) is 11.7. The van der Waals surface area contributed by atoms with Gasteiger partial charge in [-0.15, -0.1) is 0 Å². The lowest BCUT2D eigenvalue weighted by Crippen LogP contribution is -2.28. The van der Waals surface area contributed by atoms with E-state index < -0.39 is 17.5 Å². The molecule has 0 aromatic heterocycles. The fourth-order valence-electron chi connectivity index (χ4n) is 8.90. The molecule has 11 rings (SSSR count). The van der Waals surface area contributed by atoms with Gasteiger partial charge in [0.05, 0.1) is 16.4 Å². The zero-order chi connectivity index (χ0) is 46.8. The van der Waals surface area contributed by atoms with Gasteiger partial charge in [-0.1, -0.05) is 206 Å². The first-order chi connectivity index (χ1) is 33.1. The fraction of sp³-hybridized carbons (Fsp3) is 0.0169. The summed E-state index contributed by atoms with van der Waals surface area (Å²) in [4.78, 5) is 1.46. The first kappa shape index (κ1) is 27.8. The monoisotopic (exact) mass is 771 g/mol. The van der Waals surface area contributed by atoms with Crippen LogP contribution in [0.15, 0.2) is 249 Å². The van der Waals surface area contributed by atoms with Crippen molar-refractivity contribution in [1.29, 1.82) is 0 Å². The number of hydrogen-bond donors (Lipinski definition) is 0. The molecule has 10 aromatic rings. The van der Waals surface area contributed by atoms with E-state index in [0.29, 0.717) is 16.8 Å². The molecule has 0 heterocycles. The maximum atomic E-state index is 10.0. The van der Waals surface area contributed by atoms with E-state index in [1.807, 2.05) is 146 Å². The van der Waals surface area contributed by atoms with Gasteiger partial charge in [0.1, 0.15) is 0 Å². The van der Waals surface area contributed by atoms with Gasteiger partial charge in [-0.3, -0.25) is 0 Å². The van der Waals surface area contributed by atoms with E-state index >= 15 is 0 Å². The average molecular weight is 772 g/mol. The van der Waals surface area contributed by atoms with Crippen LogP contribution in [0.1, 0.15) is 33.2 Å². The van der Waals surface area contributed by atoms with Crippen molar-refractivity contribution < 1.29 is 11.0 Å². The Hall–Kier alpha value is -7.74. The summed E-state index contributed by atoms with van der Waals surface area (Å²) in [6, 6.07) is 62.3. The second-order valence-electron chi connectivity index (χ2n) is 15.0. The number of fused-ring (bicyclic) bond motifs is 4. The van der Waals surface area contributed by atoms with Crippen LogP contribution < -0.4 is 4.90 Å². The van der Waals surface area contributed by atoms with Gasteiger partial charge in [-0.05, 0) is 120 Å². The minimum atomic E-state index is -0.865.